The molecule has 3 nitrogen and oxygen atoms in total. The van der Waals surface area contributed by atoms with Gasteiger partial charge in [0, 0.05) is 42.9 Å². The molecule has 1 aromatic carbocycles. The summed E-state index contributed by atoms with van der Waals surface area (Å²) >= 11 is 3.63. The smallest absolute Gasteiger partial charge is 0.0587 e. The predicted octanol–water partition coefficient (Wildman–Crippen LogP) is 3.81. The van der Waals surface area contributed by atoms with Gasteiger partial charge in [0.15, 0.2) is 0 Å². The topological polar surface area (TPSA) is 24.5 Å². The molecular formula is C17H27BrN2O. The summed E-state index contributed by atoms with van der Waals surface area (Å²) in [6.45, 7) is 8.26. The third-order valence-corrected chi connectivity index (χ3v) is 4.20. The molecule has 0 radical (unpaired) electrons. The van der Waals surface area contributed by atoms with Crippen molar-refractivity contribution in [2.24, 2.45) is 5.92 Å². The Bertz CT molecular complexity index is 446. The summed E-state index contributed by atoms with van der Waals surface area (Å²) in [6.07, 6.45) is 2.66. The Morgan fingerprint density at radius 2 is 2.14 bits per heavy atom. The van der Waals surface area contributed by atoms with E-state index in [0.29, 0.717) is 5.92 Å². The van der Waals surface area contributed by atoms with E-state index in [0.717, 1.165) is 36.8 Å². The van der Waals surface area contributed by atoms with Crippen LogP contribution in [0.4, 0.5) is 5.69 Å². The summed E-state index contributed by atoms with van der Waals surface area (Å²) in [5.41, 5.74) is 2.76. The van der Waals surface area contributed by atoms with Crippen molar-refractivity contribution >= 4 is 21.6 Å². The molecule has 21 heavy (non-hydrogen) atoms. The van der Waals surface area contributed by atoms with Crippen molar-refractivity contribution < 1.29 is 4.74 Å². The molecule has 0 spiro atoms. The van der Waals surface area contributed by atoms with Crippen LogP contribution >= 0.6 is 15.9 Å². The van der Waals surface area contributed by atoms with E-state index < -0.39 is 0 Å². The number of nitrogens with zero attached hydrogens (tertiary/aromatic N) is 1. The number of methoxy groups -OCH3 is 1. The third-order valence-electron chi connectivity index (χ3n) is 3.70. The van der Waals surface area contributed by atoms with E-state index >= 15 is 0 Å². The highest BCUT2D eigenvalue weighted by molar-refractivity contribution is 9.10. The summed E-state index contributed by atoms with van der Waals surface area (Å²) in [7, 11) is 1.74. The molecule has 1 aromatic rings. The van der Waals surface area contributed by atoms with Crippen LogP contribution in [0.1, 0.15) is 32.3 Å². The molecule has 1 N–H and O–H groups in total. The van der Waals surface area contributed by atoms with Gasteiger partial charge in [-0.05, 0) is 36.5 Å². The van der Waals surface area contributed by atoms with Crippen LogP contribution in [0, 0.1) is 5.92 Å². The van der Waals surface area contributed by atoms with Gasteiger partial charge in [-0.3, -0.25) is 0 Å². The zero-order valence-corrected chi connectivity index (χ0v) is 14.9. The molecule has 0 aromatic heterocycles. The number of benzene rings is 1. The molecular weight excluding hydrogens is 328 g/mol. The zero-order valence-electron chi connectivity index (χ0n) is 13.4. The summed E-state index contributed by atoms with van der Waals surface area (Å²) in [6, 6.07) is 7.37. The molecule has 0 aliphatic heterocycles. The van der Waals surface area contributed by atoms with Crippen molar-refractivity contribution in [2.45, 2.75) is 39.3 Å². The van der Waals surface area contributed by atoms with Gasteiger partial charge < -0.3 is 15.0 Å². The van der Waals surface area contributed by atoms with Crippen LogP contribution in [0.15, 0.2) is 22.7 Å². The number of rotatable bonds is 9. The number of hydrogen-bond donors (Lipinski definition) is 1. The maximum atomic E-state index is 5.10. The van der Waals surface area contributed by atoms with E-state index in [1.165, 1.54) is 24.1 Å². The molecule has 0 atom stereocenters. The highest BCUT2D eigenvalue weighted by Crippen LogP contribution is 2.35. The van der Waals surface area contributed by atoms with Crippen LogP contribution in [0.2, 0.25) is 0 Å². The fourth-order valence-electron chi connectivity index (χ4n) is 2.57. The number of hydrogen-bond acceptors (Lipinski definition) is 3. The quantitative estimate of drug-likeness (QED) is 0.682. The van der Waals surface area contributed by atoms with Crippen molar-refractivity contribution in [3.63, 3.8) is 0 Å². The maximum Gasteiger partial charge on any atom is 0.0587 e. The summed E-state index contributed by atoms with van der Waals surface area (Å²) in [5, 5.41) is 3.46. The van der Waals surface area contributed by atoms with Crippen molar-refractivity contribution in [3.8, 4) is 0 Å². The second kappa shape index (κ2) is 8.16. The Labute approximate surface area is 137 Å². The number of halogens is 1. The molecule has 1 aliphatic carbocycles. The highest BCUT2D eigenvalue weighted by atomic mass is 79.9. The van der Waals surface area contributed by atoms with Crippen LogP contribution in [0.25, 0.3) is 0 Å². The summed E-state index contributed by atoms with van der Waals surface area (Å²) in [4.78, 5) is 2.60. The van der Waals surface area contributed by atoms with Crippen LogP contribution < -0.4 is 10.2 Å². The molecule has 2 rings (SSSR count). The normalized spacial score (nSPS) is 14.7. The molecule has 0 saturated heterocycles. The van der Waals surface area contributed by atoms with Gasteiger partial charge in [0.2, 0.25) is 0 Å². The minimum atomic E-state index is 0.680. The van der Waals surface area contributed by atoms with Gasteiger partial charge in [-0.1, -0.05) is 35.8 Å². The lowest BCUT2D eigenvalue weighted by molar-refractivity contribution is 0.199. The molecule has 0 bridgehead atoms. The first-order chi connectivity index (χ1) is 10.1. The second-order valence-electron chi connectivity index (χ2n) is 6.22. The Morgan fingerprint density at radius 1 is 1.38 bits per heavy atom. The first kappa shape index (κ1) is 16.8. The van der Waals surface area contributed by atoms with Gasteiger partial charge in [0.25, 0.3) is 0 Å². The lowest BCUT2D eigenvalue weighted by Crippen LogP contribution is -2.31. The van der Waals surface area contributed by atoms with E-state index in [-0.39, 0.29) is 0 Å². The zero-order chi connectivity index (χ0) is 15.2. The molecule has 4 heteroatoms. The van der Waals surface area contributed by atoms with Crippen molar-refractivity contribution in [1.82, 2.24) is 5.32 Å². The number of ether oxygens (including phenoxy) is 1. The van der Waals surface area contributed by atoms with Crippen LogP contribution in [0.3, 0.4) is 0 Å². The molecule has 1 aliphatic rings. The minimum absolute atomic E-state index is 0.680. The SMILES string of the molecule is COCCNCc1ccc(Br)cc1N(CC(C)C)C1CC1. The van der Waals surface area contributed by atoms with E-state index in [2.05, 4.69) is 58.2 Å². The average molecular weight is 355 g/mol. The Balaban J connectivity index is 2.12. The largest absolute Gasteiger partial charge is 0.383 e. The van der Waals surface area contributed by atoms with Crippen LogP contribution in [0.5, 0.6) is 0 Å². The first-order valence-electron chi connectivity index (χ1n) is 7.86. The Kier molecular flexibility index (Phi) is 6.52. The lowest BCUT2D eigenvalue weighted by Gasteiger charge is -2.29. The number of nitrogens with one attached hydrogen (secondary N) is 1. The Hall–Kier alpha value is -0.580. The van der Waals surface area contributed by atoms with Crippen molar-refractivity contribution in [3.05, 3.63) is 28.2 Å². The first-order valence-corrected chi connectivity index (χ1v) is 8.66. The molecule has 118 valence electrons. The summed E-state index contributed by atoms with van der Waals surface area (Å²) in [5.74, 6) is 0.680. The van der Waals surface area contributed by atoms with E-state index in [1.807, 2.05) is 0 Å². The van der Waals surface area contributed by atoms with E-state index in [4.69, 9.17) is 4.74 Å². The van der Waals surface area contributed by atoms with Gasteiger partial charge in [-0.2, -0.15) is 0 Å². The van der Waals surface area contributed by atoms with Crippen LogP contribution in [-0.2, 0) is 11.3 Å². The highest BCUT2D eigenvalue weighted by Gasteiger charge is 2.30. The molecule has 1 fully saturated rings. The minimum Gasteiger partial charge on any atom is -0.383 e. The standard InChI is InChI=1S/C17H27BrN2O/c1-13(2)12-20(16-6-7-16)17-10-15(18)5-4-14(17)11-19-8-9-21-3/h4-5,10,13,16,19H,6-9,11-12H2,1-3H3. The van der Waals surface area contributed by atoms with Gasteiger partial charge in [-0.15, -0.1) is 0 Å². The van der Waals surface area contributed by atoms with Crippen LogP contribution in [-0.4, -0.2) is 32.8 Å². The fraction of sp³-hybridized carbons (Fsp3) is 0.647. The molecule has 0 amide bonds. The lowest BCUT2D eigenvalue weighted by atomic mass is 10.1. The fourth-order valence-corrected chi connectivity index (χ4v) is 2.92. The second-order valence-corrected chi connectivity index (χ2v) is 7.14. The van der Waals surface area contributed by atoms with Gasteiger partial charge >= 0.3 is 0 Å². The third kappa shape index (κ3) is 5.28. The Morgan fingerprint density at radius 3 is 2.76 bits per heavy atom. The number of anilines is 1. The van der Waals surface area contributed by atoms with Gasteiger partial charge in [-0.25, -0.2) is 0 Å². The van der Waals surface area contributed by atoms with Gasteiger partial charge in [0.05, 0.1) is 6.61 Å². The predicted molar refractivity (Wildman–Crippen MR) is 92.9 cm³/mol. The van der Waals surface area contributed by atoms with Crippen molar-refractivity contribution in [2.75, 3.05) is 31.7 Å². The van der Waals surface area contributed by atoms with Gasteiger partial charge in [0.1, 0.15) is 0 Å². The van der Waals surface area contributed by atoms with E-state index in [1.54, 1.807) is 7.11 Å². The maximum absolute atomic E-state index is 5.10. The molecule has 0 heterocycles. The average Bonchev–Trinajstić information content (AvgIpc) is 3.26. The molecule has 0 unspecified atom stereocenters. The molecule has 1 saturated carbocycles. The monoisotopic (exact) mass is 354 g/mol. The summed E-state index contributed by atoms with van der Waals surface area (Å²) < 4.78 is 6.26. The van der Waals surface area contributed by atoms with Crippen molar-refractivity contribution in [1.29, 1.82) is 0 Å². The van der Waals surface area contributed by atoms with E-state index in [9.17, 15) is 0 Å².